The van der Waals surface area contributed by atoms with E-state index >= 15 is 0 Å². The molecule has 1 aromatic rings. The summed E-state index contributed by atoms with van der Waals surface area (Å²) in [5.41, 5.74) is -1.37. The van der Waals surface area contributed by atoms with Gasteiger partial charge in [0.1, 0.15) is 18.2 Å². The highest BCUT2D eigenvalue weighted by Gasteiger charge is 2.71. The van der Waals surface area contributed by atoms with Crippen LogP contribution in [-0.2, 0) is 19.8 Å². The zero-order valence-electron chi connectivity index (χ0n) is 16.8. The number of hydrogen-bond acceptors (Lipinski definition) is 3. The summed E-state index contributed by atoms with van der Waals surface area (Å²) in [6.45, 7) is 8.95. The molecule has 3 aliphatic heterocycles. The zero-order valence-corrected chi connectivity index (χ0v) is 16.8. The minimum atomic E-state index is -5.15. The second kappa shape index (κ2) is 6.09. The Morgan fingerprint density at radius 2 is 1.90 bits per heavy atom. The highest BCUT2D eigenvalue weighted by atomic mass is 19.4. The Balaban J connectivity index is 2.04. The number of halogens is 3. The van der Waals surface area contributed by atoms with Crippen molar-refractivity contribution in [3.05, 3.63) is 42.5 Å². The van der Waals surface area contributed by atoms with Crippen LogP contribution in [0.4, 0.5) is 18.9 Å². The van der Waals surface area contributed by atoms with E-state index in [1.165, 1.54) is 17.9 Å². The highest BCUT2D eigenvalue weighted by molar-refractivity contribution is 6.04. The van der Waals surface area contributed by atoms with Gasteiger partial charge in [-0.3, -0.25) is 19.3 Å². The number of nitrogens with one attached hydrogen (secondary N) is 1. The van der Waals surface area contributed by atoms with Crippen LogP contribution >= 0.6 is 0 Å². The SMILES string of the molecule is C=CC(C)(C)[C@@]12C[C@H]3C(=O)N[C@H](C)C(=O)N3[C@@H]1N(C(=O)C(F)(F)F)c1ccccc12. The van der Waals surface area contributed by atoms with Crippen molar-refractivity contribution in [1.82, 2.24) is 10.2 Å². The first-order valence-electron chi connectivity index (χ1n) is 9.64. The maximum atomic E-state index is 13.6. The van der Waals surface area contributed by atoms with Gasteiger partial charge in [0.05, 0.1) is 5.69 Å². The smallest absolute Gasteiger partial charge is 0.343 e. The summed E-state index contributed by atoms with van der Waals surface area (Å²) < 4.78 is 40.9. The fourth-order valence-electron chi connectivity index (χ4n) is 5.27. The molecule has 0 aromatic heterocycles. The Hall–Kier alpha value is -2.84. The topological polar surface area (TPSA) is 69.7 Å². The normalized spacial score (nSPS) is 30.5. The number of hydrogen-bond donors (Lipinski definition) is 1. The van der Waals surface area contributed by atoms with Gasteiger partial charge in [-0.15, -0.1) is 6.58 Å². The summed E-state index contributed by atoms with van der Waals surface area (Å²) >= 11 is 0. The number of rotatable bonds is 2. The quantitative estimate of drug-likeness (QED) is 0.746. The average Bonchev–Trinajstić information content (AvgIpc) is 3.17. The van der Waals surface area contributed by atoms with E-state index in [1.54, 1.807) is 38.1 Å². The lowest BCUT2D eigenvalue weighted by atomic mass is 9.60. The first-order chi connectivity index (χ1) is 13.9. The molecule has 3 heterocycles. The molecule has 3 aliphatic rings. The number of para-hydroxylation sites is 1. The third-order valence-electron chi connectivity index (χ3n) is 6.85. The van der Waals surface area contributed by atoms with Gasteiger partial charge in [0.15, 0.2) is 0 Å². The molecule has 0 unspecified atom stereocenters. The van der Waals surface area contributed by atoms with Crippen molar-refractivity contribution in [3.63, 3.8) is 0 Å². The minimum absolute atomic E-state index is 0.0830. The van der Waals surface area contributed by atoms with Crippen LogP contribution in [-0.4, -0.2) is 47.0 Å². The monoisotopic (exact) mass is 421 g/mol. The zero-order chi connectivity index (χ0) is 22.2. The number of amides is 3. The van der Waals surface area contributed by atoms with Gasteiger partial charge in [0.2, 0.25) is 11.8 Å². The summed E-state index contributed by atoms with van der Waals surface area (Å²) in [5.74, 6) is -3.01. The van der Waals surface area contributed by atoms with Gasteiger partial charge in [-0.1, -0.05) is 38.1 Å². The largest absolute Gasteiger partial charge is 0.471 e. The van der Waals surface area contributed by atoms with E-state index in [2.05, 4.69) is 11.9 Å². The third-order valence-corrected chi connectivity index (χ3v) is 6.85. The summed E-state index contributed by atoms with van der Waals surface area (Å²) in [5, 5.41) is 2.59. The van der Waals surface area contributed by atoms with Crippen LogP contribution in [0.3, 0.4) is 0 Å². The van der Waals surface area contributed by atoms with Gasteiger partial charge in [0, 0.05) is 5.41 Å². The van der Waals surface area contributed by atoms with Crippen molar-refractivity contribution in [1.29, 1.82) is 0 Å². The fraction of sp³-hybridized carbons (Fsp3) is 0.476. The van der Waals surface area contributed by atoms with Crippen LogP contribution in [0.15, 0.2) is 36.9 Å². The minimum Gasteiger partial charge on any atom is -0.343 e. The lowest BCUT2D eigenvalue weighted by Crippen LogP contribution is -2.66. The highest BCUT2D eigenvalue weighted by Crippen LogP contribution is 2.63. The van der Waals surface area contributed by atoms with Crippen LogP contribution in [0.5, 0.6) is 0 Å². The number of fused-ring (bicyclic) bond motifs is 5. The molecule has 9 heteroatoms. The summed E-state index contributed by atoms with van der Waals surface area (Å²) in [6.07, 6.45) is -4.74. The van der Waals surface area contributed by atoms with Crippen LogP contribution in [0.1, 0.15) is 32.8 Å². The van der Waals surface area contributed by atoms with Crippen LogP contribution in [0.2, 0.25) is 0 Å². The molecular formula is C21H22F3N3O3. The molecule has 4 atom stereocenters. The number of allylic oxidation sites excluding steroid dienone is 1. The Morgan fingerprint density at radius 1 is 1.27 bits per heavy atom. The molecule has 1 aromatic carbocycles. The molecule has 2 saturated heterocycles. The second-order valence-electron chi connectivity index (χ2n) is 8.66. The van der Waals surface area contributed by atoms with Crippen LogP contribution in [0, 0.1) is 5.41 Å². The van der Waals surface area contributed by atoms with E-state index in [9.17, 15) is 27.6 Å². The lowest BCUT2D eigenvalue weighted by Gasteiger charge is -2.46. The number of anilines is 1. The summed E-state index contributed by atoms with van der Waals surface area (Å²) in [6, 6.07) is 4.47. The van der Waals surface area contributed by atoms with Crippen molar-refractivity contribution in [3.8, 4) is 0 Å². The Morgan fingerprint density at radius 3 is 2.50 bits per heavy atom. The number of carbonyl (C=O) groups is 3. The Kier molecular flexibility index (Phi) is 4.15. The average molecular weight is 421 g/mol. The van der Waals surface area contributed by atoms with E-state index in [-0.39, 0.29) is 12.1 Å². The van der Waals surface area contributed by atoms with Gasteiger partial charge in [-0.25, -0.2) is 0 Å². The van der Waals surface area contributed by atoms with E-state index in [4.69, 9.17) is 0 Å². The number of piperazine rings is 1. The first kappa shape index (κ1) is 20.4. The molecule has 2 fully saturated rings. The molecule has 0 bridgehead atoms. The van der Waals surface area contributed by atoms with Gasteiger partial charge < -0.3 is 10.2 Å². The summed E-state index contributed by atoms with van der Waals surface area (Å²) in [4.78, 5) is 40.3. The molecule has 30 heavy (non-hydrogen) atoms. The molecular weight excluding hydrogens is 399 g/mol. The molecule has 160 valence electrons. The second-order valence-corrected chi connectivity index (χ2v) is 8.66. The van der Waals surface area contributed by atoms with Crippen molar-refractivity contribution in [2.24, 2.45) is 5.41 Å². The number of carbonyl (C=O) groups excluding carboxylic acids is 3. The predicted octanol–water partition coefficient (Wildman–Crippen LogP) is 2.49. The van der Waals surface area contributed by atoms with Crippen molar-refractivity contribution in [2.75, 3.05) is 4.90 Å². The first-order valence-corrected chi connectivity index (χ1v) is 9.64. The molecule has 0 aliphatic carbocycles. The molecule has 6 nitrogen and oxygen atoms in total. The van der Waals surface area contributed by atoms with Crippen molar-refractivity contribution >= 4 is 23.4 Å². The molecule has 0 radical (unpaired) electrons. The third kappa shape index (κ3) is 2.34. The lowest BCUT2D eigenvalue weighted by molar-refractivity contribution is -0.172. The maximum absolute atomic E-state index is 13.6. The maximum Gasteiger partial charge on any atom is 0.471 e. The standard InChI is InChI=1S/C21H22F3N3O3/c1-5-19(3,4)20-10-14-15(28)25-11(2)16(29)26(14)17(20)27(18(30)21(22,23)24)13-9-7-6-8-12(13)20/h5-9,11,14,17H,1,10H2,2-4H3,(H,25,28)/t11-,14+,17-,20-/m1/s1. The Bertz CT molecular complexity index is 974. The van der Waals surface area contributed by atoms with E-state index in [0.717, 1.165) is 0 Å². The van der Waals surface area contributed by atoms with E-state index in [1.807, 2.05) is 0 Å². The van der Waals surface area contributed by atoms with Crippen molar-refractivity contribution < 1.29 is 27.6 Å². The van der Waals surface area contributed by atoms with E-state index in [0.29, 0.717) is 10.5 Å². The molecule has 4 rings (SSSR count). The number of alkyl halides is 3. The van der Waals surface area contributed by atoms with Gasteiger partial charge in [0.25, 0.3) is 0 Å². The predicted molar refractivity (Wildman–Crippen MR) is 102 cm³/mol. The van der Waals surface area contributed by atoms with Crippen molar-refractivity contribution in [2.45, 2.75) is 57.0 Å². The molecule has 0 spiro atoms. The van der Waals surface area contributed by atoms with Crippen LogP contribution < -0.4 is 10.2 Å². The molecule has 1 N–H and O–H groups in total. The van der Waals surface area contributed by atoms with E-state index < -0.39 is 53.0 Å². The molecule has 3 amide bonds. The van der Waals surface area contributed by atoms with Gasteiger partial charge >= 0.3 is 12.1 Å². The van der Waals surface area contributed by atoms with Gasteiger partial charge in [-0.2, -0.15) is 13.2 Å². The van der Waals surface area contributed by atoms with Crippen LogP contribution in [0.25, 0.3) is 0 Å². The number of nitrogens with zero attached hydrogens (tertiary/aromatic N) is 2. The fourth-order valence-corrected chi connectivity index (χ4v) is 5.27. The summed E-state index contributed by atoms with van der Waals surface area (Å²) in [7, 11) is 0. The molecule has 0 saturated carbocycles. The van der Waals surface area contributed by atoms with Gasteiger partial charge in [-0.05, 0) is 30.4 Å². The Labute approximate surface area is 171 Å². The number of benzene rings is 1.